The average Bonchev–Trinajstić information content (AvgIpc) is 2.59. The number of para-hydroxylation sites is 1. The zero-order valence-corrected chi connectivity index (χ0v) is 12.5. The summed E-state index contributed by atoms with van der Waals surface area (Å²) in [6.07, 6.45) is 1.94. The van der Waals surface area contributed by atoms with Gasteiger partial charge in [-0.15, -0.1) is 0 Å². The Kier molecular flexibility index (Phi) is 4.19. The van der Waals surface area contributed by atoms with Crippen LogP contribution in [0.1, 0.15) is 28.8 Å². The van der Waals surface area contributed by atoms with E-state index in [1.165, 1.54) is 5.56 Å². The Morgan fingerprint density at radius 2 is 1.95 bits per heavy atom. The Balaban J connectivity index is 1.58. The van der Waals surface area contributed by atoms with Gasteiger partial charge in [0.25, 0.3) is 0 Å². The normalized spacial score (nSPS) is 12.9. The van der Waals surface area contributed by atoms with Crippen LogP contribution in [0, 0.1) is 0 Å². The van der Waals surface area contributed by atoms with Crippen molar-refractivity contribution in [1.82, 2.24) is 0 Å². The number of Topliss-reactive ketones (excluding diaryl/α,β-unsaturated/α-hetero) is 1. The first-order valence-electron chi connectivity index (χ1n) is 7.33. The fourth-order valence-electron chi connectivity index (χ4n) is 2.51. The molecule has 1 heterocycles. The van der Waals surface area contributed by atoms with Crippen LogP contribution in [-0.2, 0) is 6.42 Å². The number of carbonyl (C=O) groups excluding carboxylic acids is 1. The van der Waals surface area contributed by atoms with Gasteiger partial charge in [-0.2, -0.15) is 5.10 Å². The van der Waals surface area contributed by atoms with Gasteiger partial charge >= 0.3 is 0 Å². The number of fused-ring (bicyclic) bond motifs is 1. The van der Waals surface area contributed by atoms with Crippen LogP contribution < -0.4 is 10.2 Å². The molecule has 0 radical (unpaired) electrons. The highest BCUT2D eigenvalue weighted by atomic mass is 16.5. The monoisotopic (exact) mass is 294 g/mol. The lowest BCUT2D eigenvalue weighted by molar-refractivity contribution is 0.0984. The largest absolute Gasteiger partial charge is 0.497 e. The molecule has 1 aliphatic rings. The Morgan fingerprint density at radius 3 is 2.73 bits per heavy atom. The maximum atomic E-state index is 12.2. The number of ether oxygens (including phenoxy) is 1. The number of benzene rings is 2. The van der Waals surface area contributed by atoms with Crippen molar-refractivity contribution in [3.8, 4) is 5.75 Å². The number of hydrazone groups is 1. The molecule has 1 aliphatic heterocycles. The van der Waals surface area contributed by atoms with Crippen LogP contribution in [0.15, 0.2) is 53.6 Å². The molecule has 0 aromatic heterocycles. The van der Waals surface area contributed by atoms with Crippen molar-refractivity contribution in [2.45, 2.75) is 19.3 Å². The molecule has 22 heavy (non-hydrogen) atoms. The van der Waals surface area contributed by atoms with Gasteiger partial charge in [-0.3, -0.25) is 10.2 Å². The lowest BCUT2D eigenvalue weighted by atomic mass is 9.99. The predicted molar refractivity (Wildman–Crippen MR) is 87.8 cm³/mol. The molecule has 112 valence electrons. The summed E-state index contributed by atoms with van der Waals surface area (Å²) in [5.41, 5.74) is 7.05. The van der Waals surface area contributed by atoms with Crippen molar-refractivity contribution in [2.24, 2.45) is 5.10 Å². The molecule has 0 spiro atoms. The summed E-state index contributed by atoms with van der Waals surface area (Å²) in [6, 6.07) is 15.3. The highest BCUT2D eigenvalue weighted by Gasteiger charge is 2.14. The van der Waals surface area contributed by atoms with Crippen molar-refractivity contribution < 1.29 is 9.53 Å². The van der Waals surface area contributed by atoms with Crippen LogP contribution in [0.2, 0.25) is 0 Å². The lowest BCUT2D eigenvalue weighted by Gasteiger charge is -2.16. The van der Waals surface area contributed by atoms with Crippen molar-refractivity contribution in [2.75, 3.05) is 12.5 Å². The van der Waals surface area contributed by atoms with Crippen LogP contribution in [-0.4, -0.2) is 18.6 Å². The Morgan fingerprint density at radius 1 is 1.18 bits per heavy atom. The topological polar surface area (TPSA) is 50.7 Å². The van der Waals surface area contributed by atoms with Gasteiger partial charge in [-0.1, -0.05) is 18.2 Å². The molecule has 0 amide bonds. The highest BCUT2D eigenvalue weighted by molar-refractivity contribution is 6.00. The minimum atomic E-state index is 0.129. The quantitative estimate of drug-likeness (QED) is 0.856. The molecule has 0 atom stereocenters. The third kappa shape index (κ3) is 3.17. The van der Waals surface area contributed by atoms with Gasteiger partial charge in [0.05, 0.1) is 12.8 Å². The number of rotatable bonds is 5. The minimum Gasteiger partial charge on any atom is -0.497 e. The van der Waals surface area contributed by atoms with Crippen molar-refractivity contribution in [3.05, 3.63) is 59.7 Å². The van der Waals surface area contributed by atoms with E-state index in [-0.39, 0.29) is 5.78 Å². The number of nitrogens with zero attached hydrogens (tertiary/aromatic N) is 1. The number of hydrogen-bond donors (Lipinski definition) is 1. The van der Waals surface area contributed by atoms with Gasteiger partial charge < -0.3 is 4.74 Å². The second-order valence-electron chi connectivity index (χ2n) is 5.28. The Labute approximate surface area is 129 Å². The second-order valence-corrected chi connectivity index (χ2v) is 5.28. The van der Waals surface area contributed by atoms with E-state index in [2.05, 4.69) is 16.6 Å². The summed E-state index contributed by atoms with van der Waals surface area (Å²) in [5, 5.41) is 4.36. The van der Waals surface area contributed by atoms with Gasteiger partial charge in [-0.25, -0.2) is 0 Å². The SMILES string of the molecule is COc1ccc(C(=O)CCC2=NNc3ccccc3C2)cc1. The molecule has 0 fully saturated rings. The molecular formula is C18H18N2O2. The van der Waals surface area contributed by atoms with Gasteiger partial charge in [0, 0.05) is 24.1 Å². The number of ketones is 1. The molecule has 0 aliphatic carbocycles. The molecule has 0 bridgehead atoms. The zero-order chi connectivity index (χ0) is 15.4. The summed E-state index contributed by atoms with van der Waals surface area (Å²) in [4.78, 5) is 12.2. The van der Waals surface area contributed by atoms with Gasteiger partial charge in [-0.05, 0) is 42.3 Å². The smallest absolute Gasteiger partial charge is 0.163 e. The molecule has 4 nitrogen and oxygen atoms in total. The van der Waals surface area contributed by atoms with E-state index in [0.29, 0.717) is 18.4 Å². The first kappa shape index (κ1) is 14.3. The predicted octanol–water partition coefficient (Wildman–Crippen LogP) is 3.68. The molecule has 0 unspecified atom stereocenters. The zero-order valence-electron chi connectivity index (χ0n) is 12.5. The maximum absolute atomic E-state index is 12.2. The molecule has 3 rings (SSSR count). The average molecular weight is 294 g/mol. The highest BCUT2D eigenvalue weighted by Crippen LogP contribution is 2.21. The van der Waals surface area contributed by atoms with Crippen LogP contribution in [0.5, 0.6) is 5.75 Å². The Bertz CT molecular complexity index is 705. The molecule has 2 aromatic carbocycles. The van der Waals surface area contributed by atoms with E-state index in [0.717, 1.165) is 23.6 Å². The standard InChI is InChI=1S/C18H18N2O2/c1-22-16-9-6-13(7-10-16)18(21)11-8-15-12-14-4-2-3-5-17(14)20-19-15/h2-7,9-10,20H,8,11-12H2,1H3. The summed E-state index contributed by atoms with van der Waals surface area (Å²) in [6.45, 7) is 0. The van der Waals surface area contributed by atoms with Crippen LogP contribution in [0.3, 0.4) is 0 Å². The molecular weight excluding hydrogens is 276 g/mol. The van der Waals surface area contributed by atoms with E-state index in [9.17, 15) is 4.79 Å². The maximum Gasteiger partial charge on any atom is 0.163 e. The minimum absolute atomic E-state index is 0.129. The fourth-order valence-corrected chi connectivity index (χ4v) is 2.51. The number of hydrogen-bond acceptors (Lipinski definition) is 4. The van der Waals surface area contributed by atoms with E-state index < -0.39 is 0 Å². The molecule has 2 aromatic rings. The van der Waals surface area contributed by atoms with Crippen molar-refractivity contribution in [1.29, 1.82) is 0 Å². The van der Waals surface area contributed by atoms with Crippen LogP contribution >= 0.6 is 0 Å². The van der Waals surface area contributed by atoms with E-state index in [1.54, 1.807) is 19.2 Å². The molecule has 1 N–H and O–H groups in total. The number of methoxy groups -OCH3 is 1. The second kappa shape index (κ2) is 6.43. The lowest BCUT2D eigenvalue weighted by Crippen LogP contribution is -2.15. The molecule has 0 saturated carbocycles. The molecule has 0 saturated heterocycles. The van der Waals surface area contributed by atoms with E-state index in [1.807, 2.05) is 30.3 Å². The summed E-state index contributed by atoms with van der Waals surface area (Å²) < 4.78 is 5.10. The van der Waals surface area contributed by atoms with E-state index >= 15 is 0 Å². The summed E-state index contributed by atoms with van der Waals surface area (Å²) in [5.74, 6) is 0.887. The van der Waals surface area contributed by atoms with Gasteiger partial charge in [0.15, 0.2) is 5.78 Å². The number of anilines is 1. The van der Waals surface area contributed by atoms with Gasteiger partial charge in [0.1, 0.15) is 5.75 Å². The van der Waals surface area contributed by atoms with Crippen molar-refractivity contribution >= 4 is 17.2 Å². The first-order chi connectivity index (χ1) is 10.8. The fraction of sp³-hybridized carbons (Fsp3) is 0.222. The Hall–Kier alpha value is -2.62. The third-order valence-electron chi connectivity index (χ3n) is 3.80. The first-order valence-corrected chi connectivity index (χ1v) is 7.33. The number of nitrogens with one attached hydrogen (secondary N) is 1. The summed E-state index contributed by atoms with van der Waals surface area (Å²) >= 11 is 0. The van der Waals surface area contributed by atoms with Crippen molar-refractivity contribution in [3.63, 3.8) is 0 Å². The van der Waals surface area contributed by atoms with E-state index in [4.69, 9.17) is 4.74 Å². The summed E-state index contributed by atoms with van der Waals surface area (Å²) in [7, 11) is 1.61. The van der Waals surface area contributed by atoms with Gasteiger partial charge in [0.2, 0.25) is 0 Å². The van der Waals surface area contributed by atoms with Crippen LogP contribution in [0.25, 0.3) is 0 Å². The number of carbonyl (C=O) groups is 1. The molecule has 4 heteroatoms. The van der Waals surface area contributed by atoms with Crippen LogP contribution in [0.4, 0.5) is 5.69 Å². The third-order valence-corrected chi connectivity index (χ3v) is 3.80.